The van der Waals surface area contributed by atoms with E-state index < -0.39 is 17.8 Å². The molecule has 2 amide bonds. The number of anilines is 1. The van der Waals surface area contributed by atoms with Gasteiger partial charge in [0.2, 0.25) is 0 Å². The van der Waals surface area contributed by atoms with E-state index >= 15 is 0 Å². The summed E-state index contributed by atoms with van der Waals surface area (Å²) in [7, 11) is 0. The highest BCUT2D eigenvalue weighted by atomic mass is 19.2. The van der Waals surface area contributed by atoms with E-state index in [0.29, 0.717) is 35.6 Å². The first kappa shape index (κ1) is 16.4. The van der Waals surface area contributed by atoms with Crippen molar-refractivity contribution in [1.82, 2.24) is 14.3 Å². The van der Waals surface area contributed by atoms with Gasteiger partial charge in [0.1, 0.15) is 11.8 Å². The maximum absolute atomic E-state index is 13.4. The molecule has 5 nitrogen and oxygen atoms in total. The van der Waals surface area contributed by atoms with Gasteiger partial charge in [0, 0.05) is 36.3 Å². The monoisotopic (exact) mass is 360 g/mol. The van der Waals surface area contributed by atoms with Gasteiger partial charge in [-0.3, -0.25) is 0 Å². The number of hydrogen-bond donors (Lipinski definition) is 1. The van der Waals surface area contributed by atoms with Crippen molar-refractivity contribution >= 4 is 17.4 Å². The van der Waals surface area contributed by atoms with Gasteiger partial charge in [-0.15, -0.1) is 0 Å². The lowest BCUT2D eigenvalue weighted by Gasteiger charge is -2.16. The number of pyridine rings is 1. The van der Waals surface area contributed by atoms with Crippen LogP contribution >= 0.6 is 0 Å². The number of carbonyl (C=O) groups excluding carboxylic acids is 1. The molecule has 3 heterocycles. The molecule has 1 atom stereocenters. The molecule has 1 aliphatic rings. The zero-order valence-electron chi connectivity index (χ0n) is 13.6. The summed E-state index contributed by atoms with van der Waals surface area (Å²) in [5.41, 5.74) is 1.98. The molecule has 1 aromatic carbocycles. The summed E-state index contributed by atoms with van der Waals surface area (Å²) in [5.74, 6) is -1.86. The van der Waals surface area contributed by atoms with Crippen LogP contribution in [0, 0.1) is 11.6 Å². The molecule has 1 fully saturated rings. The fourth-order valence-electron chi connectivity index (χ4n) is 2.96. The lowest BCUT2D eigenvalue weighted by molar-refractivity contribution is 0.218. The average molecular weight is 360 g/mol. The second kappa shape index (κ2) is 6.36. The number of carbonyl (C=O) groups is 1. The molecule has 8 heteroatoms. The predicted octanol–water partition coefficient (Wildman–Crippen LogP) is 3.86. The largest absolute Gasteiger partial charge is 0.322 e. The smallest absolute Gasteiger partial charge is 0.321 e. The first-order valence-electron chi connectivity index (χ1n) is 8.14. The molecule has 3 aromatic rings. The molecular weight excluding hydrogens is 345 g/mol. The number of nitrogens with zero attached hydrogens (tertiary/aromatic N) is 3. The molecule has 0 spiro atoms. The lowest BCUT2D eigenvalue weighted by Crippen LogP contribution is -2.33. The van der Waals surface area contributed by atoms with E-state index in [0.717, 1.165) is 12.1 Å². The molecule has 4 rings (SSSR count). The molecule has 1 N–H and O–H groups in total. The lowest BCUT2D eigenvalue weighted by atomic mass is 10.1. The molecule has 1 saturated heterocycles. The quantitative estimate of drug-likeness (QED) is 0.755. The summed E-state index contributed by atoms with van der Waals surface area (Å²) in [6.45, 7) is 0.483. The SMILES string of the molecule is O=C(Nc1ccn2cc(-c3ccc(F)c(F)c3)nc2c1)N1CC[C@H](F)C1. The highest BCUT2D eigenvalue weighted by Gasteiger charge is 2.25. The Morgan fingerprint density at radius 1 is 1.19 bits per heavy atom. The Bertz CT molecular complexity index is 988. The molecule has 2 aromatic heterocycles. The van der Waals surface area contributed by atoms with Gasteiger partial charge in [-0.1, -0.05) is 0 Å². The van der Waals surface area contributed by atoms with E-state index in [1.807, 2.05) is 0 Å². The van der Waals surface area contributed by atoms with Crippen molar-refractivity contribution < 1.29 is 18.0 Å². The van der Waals surface area contributed by atoms with Gasteiger partial charge in [-0.25, -0.2) is 22.9 Å². The van der Waals surface area contributed by atoms with Crippen LogP contribution < -0.4 is 5.32 Å². The van der Waals surface area contributed by atoms with Gasteiger partial charge < -0.3 is 14.6 Å². The fourth-order valence-corrected chi connectivity index (χ4v) is 2.96. The van der Waals surface area contributed by atoms with Gasteiger partial charge in [-0.2, -0.15) is 0 Å². The van der Waals surface area contributed by atoms with Gasteiger partial charge in [0.05, 0.1) is 12.2 Å². The third-order valence-corrected chi connectivity index (χ3v) is 4.34. The van der Waals surface area contributed by atoms with Gasteiger partial charge in [0.25, 0.3) is 0 Å². The Labute approximate surface area is 147 Å². The van der Waals surface area contributed by atoms with Crippen LogP contribution in [0.1, 0.15) is 6.42 Å². The fraction of sp³-hybridized carbons (Fsp3) is 0.222. The summed E-state index contributed by atoms with van der Waals surface area (Å²) in [4.78, 5) is 17.9. The number of amides is 2. The zero-order valence-corrected chi connectivity index (χ0v) is 13.6. The summed E-state index contributed by atoms with van der Waals surface area (Å²) in [5, 5.41) is 2.72. The first-order chi connectivity index (χ1) is 12.5. The molecule has 0 saturated carbocycles. The normalized spacial score (nSPS) is 17.0. The van der Waals surface area contributed by atoms with Gasteiger partial charge >= 0.3 is 6.03 Å². The van der Waals surface area contributed by atoms with E-state index in [9.17, 15) is 18.0 Å². The molecule has 134 valence electrons. The van der Waals surface area contributed by atoms with Crippen molar-refractivity contribution in [3.63, 3.8) is 0 Å². The Kier molecular flexibility index (Phi) is 4.02. The Morgan fingerprint density at radius 2 is 2.04 bits per heavy atom. The molecule has 1 aliphatic heterocycles. The summed E-state index contributed by atoms with van der Waals surface area (Å²) < 4.78 is 41.4. The third-order valence-electron chi connectivity index (χ3n) is 4.34. The minimum absolute atomic E-state index is 0.0950. The summed E-state index contributed by atoms with van der Waals surface area (Å²) in [6, 6.07) is 6.56. The third kappa shape index (κ3) is 3.10. The minimum Gasteiger partial charge on any atom is -0.322 e. The number of fused-ring (bicyclic) bond motifs is 1. The van der Waals surface area contributed by atoms with E-state index in [4.69, 9.17) is 0 Å². The number of urea groups is 1. The topological polar surface area (TPSA) is 49.6 Å². The molecule has 0 radical (unpaired) electrons. The number of rotatable bonds is 2. The van der Waals surface area contributed by atoms with E-state index in [-0.39, 0.29) is 12.6 Å². The maximum Gasteiger partial charge on any atom is 0.321 e. The number of alkyl halides is 1. The number of aromatic nitrogens is 2. The molecule has 26 heavy (non-hydrogen) atoms. The maximum atomic E-state index is 13.4. The van der Waals surface area contributed by atoms with Crippen molar-refractivity contribution in [3.8, 4) is 11.3 Å². The number of benzene rings is 1. The molecule has 0 bridgehead atoms. The molecular formula is C18H15F3N4O. The Morgan fingerprint density at radius 3 is 2.77 bits per heavy atom. The van der Waals surface area contributed by atoms with Crippen LogP contribution in [0.15, 0.2) is 42.7 Å². The van der Waals surface area contributed by atoms with Gasteiger partial charge in [-0.05, 0) is 30.7 Å². The van der Waals surface area contributed by atoms with E-state index in [1.165, 1.54) is 11.0 Å². The summed E-state index contributed by atoms with van der Waals surface area (Å²) in [6.07, 6.45) is 2.75. The predicted molar refractivity (Wildman–Crippen MR) is 90.6 cm³/mol. The van der Waals surface area contributed by atoms with Crippen LogP contribution in [0.3, 0.4) is 0 Å². The van der Waals surface area contributed by atoms with Crippen molar-refractivity contribution in [2.75, 3.05) is 18.4 Å². The van der Waals surface area contributed by atoms with Crippen LogP contribution in [-0.4, -0.2) is 39.6 Å². The molecule has 0 aliphatic carbocycles. The zero-order chi connectivity index (χ0) is 18.3. The second-order valence-corrected chi connectivity index (χ2v) is 6.20. The average Bonchev–Trinajstić information content (AvgIpc) is 3.23. The first-order valence-corrected chi connectivity index (χ1v) is 8.14. The standard InChI is InChI=1S/C18H15F3N4O/c19-12-3-5-25(9-12)18(26)22-13-4-6-24-10-16(23-17(24)8-13)11-1-2-14(20)15(21)7-11/h1-2,4,6-8,10,12H,3,5,9H2,(H,22,26)/t12-/m0/s1. The van der Waals surface area contributed by atoms with Crippen molar-refractivity contribution in [2.45, 2.75) is 12.6 Å². The van der Waals surface area contributed by atoms with Crippen LogP contribution in [0.25, 0.3) is 16.9 Å². The van der Waals surface area contributed by atoms with E-state index in [1.54, 1.807) is 28.9 Å². The highest BCUT2D eigenvalue weighted by molar-refractivity contribution is 5.90. The van der Waals surface area contributed by atoms with Crippen LogP contribution in [0.2, 0.25) is 0 Å². The van der Waals surface area contributed by atoms with E-state index in [2.05, 4.69) is 10.3 Å². The number of nitrogens with one attached hydrogen (secondary N) is 1. The van der Waals surface area contributed by atoms with Crippen LogP contribution in [0.5, 0.6) is 0 Å². The number of imidazole rings is 1. The van der Waals surface area contributed by atoms with Crippen molar-refractivity contribution in [2.24, 2.45) is 0 Å². The van der Waals surface area contributed by atoms with Crippen molar-refractivity contribution in [1.29, 1.82) is 0 Å². The van der Waals surface area contributed by atoms with Crippen LogP contribution in [-0.2, 0) is 0 Å². The molecule has 0 unspecified atom stereocenters. The van der Waals surface area contributed by atoms with Gasteiger partial charge in [0.15, 0.2) is 11.6 Å². The Hall–Kier alpha value is -3.03. The van der Waals surface area contributed by atoms with Crippen molar-refractivity contribution in [3.05, 3.63) is 54.4 Å². The summed E-state index contributed by atoms with van der Waals surface area (Å²) >= 11 is 0. The number of hydrogen-bond acceptors (Lipinski definition) is 2. The second-order valence-electron chi connectivity index (χ2n) is 6.20. The highest BCUT2D eigenvalue weighted by Crippen LogP contribution is 2.23. The van der Waals surface area contributed by atoms with Crippen LogP contribution in [0.4, 0.5) is 23.7 Å². The number of halogens is 3. The Balaban J connectivity index is 1.57. The minimum atomic E-state index is -0.978. The number of likely N-dealkylation sites (tertiary alicyclic amines) is 1.